The number of amides is 1. The van der Waals surface area contributed by atoms with E-state index in [0.29, 0.717) is 19.8 Å². The molecule has 138 valence electrons. The molecule has 2 aliphatic heterocycles. The Morgan fingerprint density at radius 3 is 2.72 bits per heavy atom. The third-order valence-corrected chi connectivity index (χ3v) is 5.60. The molecule has 0 aromatic heterocycles. The fourth-order valence-corrected chi connectivity index (χ4v) is 3.44. The molecule has 6 heteroatoms. The molecule has 3 rings (SSSR count). The van der Waals surface area contributed by atoms with Crippen molar-refractivity contribution in [2.75, 3.05) is 26.6 Å². The predicted octanol–water partition coefficient (Wildman–Crippen LogP) is 1.95. The van der Waals surface area contributed by atoms with Crippen molar-refractivity contribution in [3.05, 3.63) is 23.8 Å². The van der Waals surface area contributed by atoms with Gasteiger partial charge < -0.3 is 25.3 Å². The van der Waals surface area contributed by atoms with Gasteiger partial charge in [-0.25, -0.2) is 0 Å². The Morgan fingerprint density at radius 1 is 1.28 bits per heavy atom. The minimum atomic E-state index is -0.473. The van der Waals surface area contributed by atoms with Crippen molar-refractivity contribution < 1.29 is 19.0 Å². The molecule has 0 radical (unpaired) electrons. The van der Waals surface area contributed by atoms with Crippen LogP contribution in [0, 0.1) is 5.92 Å². The maximum Gasteiger partial charge on any atom is 0.237 e. The van der Waals surface area contributed by atoms with Gasteiger partial charge in [0.25, 0.3) is 0 Å². The summed E-state index contributed by atoms with van der Waals surface area (Å²) in [5.74, 6) is 1.62. The van der Waals surface area contributed by atoms with E-state index in [1.807, 2.05) is 26.0 Å². The quantitative estimate of drug-likeness (QED) is 0.821. The molecule has 1 fully saturated rings. The van der Waals surface area contributed by atoms with Gasteiger partial charge in [-0.1, -0.05) is 26.3 Å². The molecule has 6 nitrogen and oxygen atoms in total. The summed E-state index contributed by atoms with van der Waals surface area (Å²) >= 11 is 0. The fraction of sp³-hybridized carbons (Fsp3) is 0.632. The Morgan fingerprint density at radius 2 is 2.00 bits per heavy atom. The molecule has 0 aliphatic carbocycles. The monoisotopic (exact) mass is 348 g/mol. The van der Waals surface area contributed by atoms with Crippen LogP contribution in [-0.2, 0) is 14.9 Å². The van der Waals surface area contributed by atoms with Crippen molar-refractivity contribution in [3.8, 4) is 11.5 Å². The highest BCUT2D eigenvalue weighted by molar-refractivity contribution is 5.81. The van der Waals surface area contributed by atoms with E-state index in [2.05, 4.69) is 11.4 Å². The Labute approximate surface area is 149 Å². The third kappa shape index (κ3) is 3.75. The molecular weight excluding hydrogens is 320 g/mol. The first-order valence-electron chi connectivity index (χ1n) is 9.07. The van der Waals surface area contributed by atoms with Crippen LogP contribution in [0.2, 0.25) is 0 Å². The van der Waals surface area contributed by atoms with Gasteiger partial charge in [-0.2, -0.15) is 0 Å². The SMILES string of the molecule is CCC(C)C(N)C(=O)NCC1(c2ccc3c(c2)OCO3)CCOCC1. The first-order chi connectivity index (χ1) is 12.1. The van der Waals surface area contributed by atoms with Crippen LogP contribution in [0.1, 0.15) is 38.7 Å². The zero-order chi connectivity index (χ0) is 17.9. The van der Waals surface area contributed by atoms with Gasteiger partial charge in [-0.05, 0) is 36.5 Å². The minimum absolute atomic E-state index is 0.0824. The zero-order valence-electron chi connectivity index (χ0n) is 15.0. The molecule has 0 saturated carbocycles. The van der Waals surface area contributed by atoms with Gasteiger partial charge in [0.05, 0.1) is 6.04 Å². The van der Waals surface area contributed by atoms with E-state index < -0.39 is 6.04 Å². The van der Waals surface area contributed by atoms with E-state index in [-0.39, 0.29) is 24.0 Å². The molecule has 0 bridgehead atoms. The van der Waals surface area contributed by atoms with Gasteiger partial charge in [-0.3, -0.25) is 4.79 Å². The maximum absolute atomic E-state index is 12.4. The smallest absolute Gasteiger partial charge is 0.237 e. The summed E-state index contributed by atoms with van der Waals surface area (Å²) in [6.45, 7) is 6.23. The average Bonchev–Trinajstić information content (AvgIpc) is 3.13. The summed E-state index contributed by atoms with van der Waals surface area (Å²) < 4.78 is 16.5. The van der Waals surface area contributed by atoms with Crippen molar-refractivity contribution in [1.29, 1.82) is 0 Å². The topological polar surface area (TPSA) is 82.8 Å². The molecular formula is C19H28N2O4. The molecule has 3 N–H and O–H groups in total. The van der Waals surface area contributed by atoms with E-state index in [4.69, 9.17) is 19.9 Å². The predicted molar refractivity (Wildman–Crippen MR) is 94.7 cm³/mol. The average molecular weight is 348 g/mol. The molecule has 2 heterocycles. The van der Waals surface area contributed by atoms with Crippen LogP contribution < -0.4 is 20.5 Å². The van der Waals surface area contributed by atoms with Crippen LogP contribution in [0.25, 0.3) is 0 Å². The number of hydrogen-bond acceptors (Lipinski definition) is 5. The lowest BCUT2D eigenvalue weighted by Gasteiger charge is -2.38. The number of fused-ring (bicyclic) bond motifs is 1. The van der Waals surface area contributed by atoms with Crippen LogP contribution >= 0.6 is 0 Å². The third-order valence-electron chi connectivity index (χ3n) is 5.60. The van der Waals surface area contributed by atoms with Gasteiger partial charge in [0.2, 0.25) is 12.7 Å². The second-order valence-electron chi connectivity index (χ2n) is 7.09. The number of hydrogen-bond donors (Lipinski definition) is 2. The zero-order valence-corrected chi connectivity index (χ0v) is 15.0. The molecule has 1 aromatic carbocycles. The molecule has 2 unspecified atom stereocenters. The van der Waals surface area contributed by atoms with E-state index in [0.717, 1.165) is 36.3 Å². The van der Waals surface area contributed by atoms with Crippen molar-refractivity contribution in [3.63, 3.8) is 0 Å². The minimum Gasteiger partial charge on any atom is -0.454 e. The summed E-state index contributed by atoms with van der Waals surface area (Å²) in [4.78, 5) is 12.4. The summed E-state index contributed by atoms with van der Waals surface area (Å²) in [6.07, 6.45) is 2.59. The van der Waals surface area contributed by atoms with E-state index in [1.165, 1.54) is 0 Å². The highest BCUT2D eigenvalue weighted by Gasteiger charge is 2.36. The lowest BCUT2D eigenvalue weighted by molar-refractivity contribution is -0.123. The number of carbonyl (C=O) groups is 1. The first kappa shape index (κ1) is 18.0. The van der Waals surface area contributed by atoms with Crippen molar-refractivity contribution in [2.45, 2.75) is 44.6 Å². The highest BCUT2D eigenvalue weighted by Crippen LogP contribution is 2.40. The second kappa shape index (κ2) is 7.62. The molecule has 1 amide bonds. The Balaban J connectivity index is 1.76. The van der Waals surface area contributed by atoms with Crippen LogP contribution in [-0.4, -0.2) is 38.5 Å². The molecule has 1 aromatic rings. The molecule has 0 spiro atoms. The summed E-state index contributed by atoms with van der Waals surface area (Å²) in [7, 11) is 0. The van der Waals surface area contributed by atoms with Crippen molar-refractivity contribution in [1.82, 2.24) is 5.32 Å². The molecule has 25 heavy (non-hydrogen) atoms. The second-order valence-corrected chi connectivity index (χ2v) is 7.09. The molecule has 1 saturated heterocycles. The fourth-order valence-electron chi connectivity index (χ4n) is 3.44. The van der Waals surface area contributed by atoms with Gasteiger partial charge in [0.1, 0.15) is 0 Å². The highest BCUT2D eigenvalue weighted by atomic mass is 16.7. The van der Waals surface area contributed by atoms with Crippen LogP contribution in [0.5, 0.6) is 11.5 Å². The van der Waals surface area contributed by atoms with Gasteiger partial charge in [-0.15, -0.1) is 0 Å². The summed E-state index contributed by atoms with van der Waals surface area (Å²) in [6, 6.07) is 5.58. The van der Waals surface area contributed by atoms with Crippen molar-refractivity contribution in [2.24, 2.45) is 11.7 Å². The van der Waals surface area contributed by atoms with E-state index >= 15 is 0 Å². The largest absolute Gasteiger partial charge is 0.454 e. The molecule has 2 aliphatic rings. The number of nitrogens with one attached hydrogen (secondary N) is 1. The number of benzene rings is 1. The van der Waals surface area contributed by atoms with Crippen LogP contribution in [0.15, 0.2) is 18.2 Å². The maximum atomic E-state index is 12.4. The van der Waals surface area contributed by atoms with Gasteiger partial charge >= 0.3 is 0 Å². The molecule has 2 atom stereocenters. The van der Waals surface area contributed by atoms with E-state index in [1.54, 1.807) is 0 Å². The normalized spacial score (nSPS) is 20.8. The van der Waals surface area contributed by atoms with E-state index in [9.17, 15) is 4.79 Å². The summed E-state index contributed by atoms with van der Waals surface area (Å²) in [5.41, 5.74) is 7.06. The lowest BCUT2D eigenvalue weighted by Crippen LogP contribution is -2.50. The number of carbonyl (C=O) groups excluding carboxylic acids is 1. The number of nitrogens with two attached hydrogens (primary N) is 1. The standard InChI is InChI=1S/C19H28N2O4/c1-3-13(2)17(20)18(22)21-11-19(6-8-23-9-7-19)14-4-5-15-16(10-14)25-12-24-15/h4-5,10,13,17H,3,6-9,11-12,20H2,1-2H3,(H,21,22). The first-order valence-corrected chi connectivity index (χ1v) is 9.07. The van der Waals surface area contributed by atoms with Crippen LogP contribution in [0.3, 0.4) is 0 Å². The van der Waals surface area contributed by atoms with Gasteiger partial charge in [0.15, 0.2) is 11.5 Å². The van der Waals surface area contributed by atoms with Crippen LogP contribution in [0.4, 0.5) is 0 Å². The number of rotatable bonds is 6. The Kier molecular flexibility index (Phi) is 5.49. The van der Waals surface area contributed by atoms with Crippen molar-refractivity contribution >= 4 is 5.91 Å². The Bertz CT molecular complexity index is 613. The summed E-state index contributed by atoms with van der Waals surface area (Å²) in [5, 5.41) is 3.08. The lowest BCUT2D eigenvalue weighted by atomic mass is 9.74. The van der Waals surface area contributed by atoms with Gasteiger partial charge in [0, 0.05) is 25.2 Å². The Hall–Kier alpha value is -1.79. The number of ether oxygens (including phenoxy) is 3.